The lowest BCUT2D eigenvalue weighted by Crippen LogP contribution is -2.12. The molecule has 3 aromatic rings. The molecule has 0 unspecified atom stereocenters. The van der Waals surface area contributed by atoms with Crippen molar-refractivity contribution in [2.75, 3.05) is 5.32 Å². The van der Waals surface area contributed by atoms with Crippen molar-refractivity contribution >= 4 is 22.4 Å². The SMILES string of the molecule is CCc1ccc(-c2noc(CCC(=O)Nc3nnc(CC(C)C)s3)n2)cc1. The molecule has 0 saturated heterocycles. The minimum atomic E-state index is -0.144. The minimum absolute atomic E-state index is 0.144. The molecule has 1 amide bonds. The summed E-state index contributed by atoms with van der Waals surface area (Å²) in [7, 11) is 0. The summed E-state index contributed by atoms with van der Waals surface area (Å²) < 4.78 is 5.26. The third-order valence-corrected chi connectivity index (χ3v) is 4.81. The van der Waals surface area contributed by atoms with Crippen LogP contribution in [-0.4, -0.2) is 26.2 Å². The molecule has 0 aliphatic heterocycles. The average molecular weight is 385 g/mol. The molecule has 0 atom stereocenters. The average Bonchev–Trinajstić information content (AvgIpc) is 3.29. The van der Waals surface area contributed by atoms with Gasteiger partial charge in [0.25, 0.3) is 0 Å². The number of carbonyl (C=O) groups is 1. The summed E-state index contributed by atoms with van der Waals surface area (Å²) in [6, 6.07) is 8.05. The van der Waals surface area contributed by atoms with E-state index in [1.807, 2.05) is 12.1 Å². The largest absolute Gasteiger partial charge is 0.339 e. The van der Waals surface area contributed by atoms with E-state index in [1.54, 1.807) is 0 Å². The van der Waals surface area contributed by atoms with Crippen molar-refractivity contribution in [2.24, 2.45) is 5.92 Å². The topological polar surface area (TPSA) is 93.8 Å². The maximum Gasteiger partial charge on any atom is 0.227 e. The lowest BCUT2D eigenvalue weighted by atomic mass is 10.1. The maximum absolute atomic E-state index is 12.1. The van der Waals surface area contributed by atoms with E-state index >= 15 is 0 Å². The van der Waals surface area contributed by atoms with Gasteiger partial charge in [-0.25, -0.2) is 0 Å². The number of hydrogen-bond acceptors (Lipinski definition) is 7. The standard InChI is InChI=1S/C19H23N5O2S/c1-4-13-5-7-14(8-6-13)18-21-16(26-24-18)10-9-15(25)20-19-23-22-17(27-19)11-12(2)3/h5-8,12H,4,9-11H2,1-3H3,(H,20,23,25). The molecule has 2 heterocycles. The molecule has 2 aromatic heterocycles. The van der Waals surface area contributed by atoms with Crippen LogP contribution in [-0.2, 0) is 24.1 Å². The molecule has 142 valence electrons. The monoisotopic (exact) mass is 385 g/mol. The molecule has 1 N–H and O–H groups in total. The van der Waals surface area contributed by atoms with Gasteiger partial charge < -0.3 is 9.84 Å². The quantitative estimate of drug-likeness (QED) is 0.631. The Morgan fingerprint density at radius 2 is 2.00 bits per heavy atom. The van der Waals surface area contributed by atoms with Crippen molar-refractivity contribution in [2.45, 2.75) is 46.5 Å². The van der Waals surface area contributed by atoms with Crippen LogP contribution in [0.15, 0.2) is 28.8 Å². The van der Waals surface area contributed by atoms with Crippen LogP contribution in [0.25, 0.3) is 11.4 Å². The van der Waals surface area contributed by atoms with Gasteiger partial charge in [0.1, 0.15) is 5.01 Å². The maximum atomic E-state index is 12.1. The van der Waals surface area contributed by atoms with Crippen molar-refractivity contribution < 1.29 is 9.32 Å². The number of amides is 1. The van der Waals surface area contributed by atoms with Crippen LogP contribution in [0.4, 0.5) is 5.13 Å². The van der Waals surface area contributed by atoms with Gasteiger partial charge in [-0.15, -0.1) is 10.2 Å². The molecule has 0 aliphatic rings. The van der Waals surface area contributed by atoms with E-state index in [2.05, 4.69) is 58.6 Å². The first-order valence-corrected chi connectivity index (χ1v) is 9.89. The summed E-state index contributed by atoms with van der Waals surface area (Å²) in [6.07, 6.45) is 2.47. The summed E-state index contributed by atoms with van der Waals surface area (Å²) in [5, 5.41) is 16.3. The third kappa shape index (κ3) is 5.43. The van der Waals surface area contributed by atoms with Crippen molar-refractivity contribution in [3.8, 4) is 11.4 Å². The Kier molecular flexibility index (Phi) is 6.28. The predicted octanol–water partition coefficient (Wildman–Crippen LogP) is 3.92. The zero-order chi connectivity index (χ0) is 19.2. The van der Waals surface area contributed by atoms with E-state index in [-0.39, 0.29) is 12.3 Å². The Labute approximate surface area is 162 Å². The van der Waals surface area contributed by atoms with Gasteiger partial charge in [0.05, 0.1) is 0 Å². The number of benzene rings is 1. The first kappa shape index (κ1) is 19.2. The van der Waals surface area contributed by atoms with Crippen molar-refractivity contribution in [3.05, 3.63) is 40.7 Å². The van der Waals surface area contributed by atoms with Gasteiger partial charge in [-0.05, 0) is 17.9 Å². The number of hydrogen-bond donors (Lipinski definition) is 1. The number of nitrogens with one attached hydrogen (secondary N) is 1. The molecule has 0 fully saturated rings. The second kappa shape index (κ2) is 8.85. The lowest BCUT2D eigenvalue weighted by Gasteiger charge is -1.99. The Morgan fingerprint density at radius 1 is 1.22 bits per heavy atom. The van der Waals surface area contributed by atoms with E-state index in [4.69, 9.17) is 4.52 Å². The van der Waals surface area contributed by atoms with E-state index in [0.717, 1.165) is 23.4 Å². The molecule has 7 nitrogen and oxygen atoms in total. The fourth-order valence-electron chi connectivity index (χ4n) is 2.50. The van der Waals surface area contributed by atoms with Crippen molar-refractivity contribution in [3.63, 3.8) is 0 Å². The zero-order valence-corrected chi connectivity index (χ0v) is 16.5. The first-order valence-electron chi connectivity index (χ1n) is 9.07. The van der Waals surface area contributed by atoms with Gasteiger partial charge in [-0.1, -0.05) is 61.5 Å². The molecule has 0 aliphatic carbocycles. The highest BCUT2D eigenvalue weighted by Gasteiger charge is 2.13. The summed E-state index contributed by atoms with van der Waals surface area (Å²) in [5.41, 5.74) is 2.16. The Hall–Kier alpha value is -2.61. The number of rotatable bonds is 8. The Bertz CT molecular complexity index is 886. The molecular weight excluding hydrogens is 362 g/mol. The Morgan fingerprint density at radius 3 is 2.70 bits per heavy atom. The summed E-state index contributed by atoms with van der Waals surface area (Å²) in [5.74, 6) is 1.34. The van der Waals surface area contributed by atoms with Crippen molar-refractivity contribution in [1.29, 1.82) is 0 Å². The van der Waals surface area contributed by atoms with Gasteiger partial charge >= 0.3 is 0 Å². The van der Waals surface area contributed by atoms with Crippen LogP contribution in [0.2, 0.25) is 0 Å². The second-order valence-corrected chi connectivity index (χ2v) is 7.77. The van der Waals surface area contributed by atoms with Crippen LogP contribution in [0.3, 0.4) is 0 Å². The number of aromatic nitrogens is 4. The fourth-order valence-corrected chi connectivity index (χ4v) is 3.47. The lowest BCUT2D eigenvalue weighted by molar-refractivity contribution is -0.116. The van der Waals surface area contributed by atoms with Gasteiger partial charge in [-0.3, -0.25) is 4.79 Å². The highest BCUT2D eigenvalue weighted by Crippen LogP contribution is 2.19. The summed E-state index contributed by atoms with van der Waals surface area (Å²) in [4.78, 5) is 16.5. The van der Waals surface area contributed by atoms with Crippen LogP contribution >= 0.6 is 11.3 Å². The zero-order valence-electron chi connectivity index (χ0n) is 15.7. The highest BCUT2D eigenvalue weighted by molar-refractivity contribution is 7.15. The molecule has 0 bridgehead atoms. The number of carbonyl (C=O) groups excluding carboxylic acids is 1. The minimum Gasteiger partial charge on any atom is -0.339 e. The Balaban J connectivity index is 1.51. The molecule has 0 saturated carbocycles. The van der Waals surface area contributed by atoms with Crippen LogP contribution in [0.5, 0.6) is 0 Å². The van der Waals surface area contributed by atoms with Gasteiger partial charge in [0, 0.05) is 24.8 Å². The van der Waals surface area contributed by atoms with Gasteiger partial charge in [-0.2, -0.15) is 4.98 Å². The van der Waals surface area contributed by atoms with E-state index < -0.39 is 0 Å². The first-order chi connectivity index (χ1) is 13.0. The smallest absolute Gasteiger partial charge is 0.227 e. The molecule has 3 rings (SSSR count). The molecule has 0 radical (unpaired) electrons. The normalized spacial score (nSPS) is 11.1. The van der Waals surface area contributed by atoms with Gasteiger partial charge in [0.15, 0.2) is 0 Å². The van der Waals surface area contributed by atoms with Crippen LogP contribution < -0.4 is 5.32 Å². The molecule has 1 aromatic carbocycles. The summed E-state index contributed by atoms with van der Waals surface area (Å²) in [6.45, 7) is 6.35. The van der Waals surface area contributed by atoms with E-state index in [0.29, 0.717) is 29.2 Å². The second-order valence-electron chi connectivity index (χ2n) is 6.71. The van der Waals surface area contributed by atoms with Crippen molar-refractivity contribution in [1.82, 2.24) is 20.3 Å². The predicted molar refractivity (Wildman–Crippen MR) is 105 cm³/mol. The van der Waals surface area contributed by atoms with Crippen LogP contribution in [0, 0.1) is 5.92 Å². The number of aryl methyl sites for hydroxylation is 2. The number of anilines is 1. The summed E-state index contributed by atoms with van der Waals surface area (Å²) >= 11 is 1.41. The van der Waals surface area contributed by atoms with E-state index in [9.17, 15) is 4.79 Å². The van der Waals surface area contributed by atoms with Crippen LogP contribution in [0.1, 0.15) is 43.7 Å². The highest BCUT2D eigenvalue weighted by atomic mass is 32.1. The molecular formula is C19H23N5O2S. The molecule has 0 spiro atoms. The number of nitrogens with zero attached hydrogens (tertiary/aromatic N) is 4. The molecule has 27 heavy (non-hydrogen) atoms. The molecule has 8 heteroatoms. The fraction of sp³-hybridized carbons (Fsp3) is 0.421. The van der Waals surface area contributed by atoms with Gasteiger partial charge in [0.2, 0.25) is 22.8 Å². The third-order valence-electron chi connectivity index (χ3n) is 3.95. The van der Waals surface area contributed by atoms with E-state index in [1.165, 1.54) is 16.9 Å².